The number of allylic oxidation sites excluding steroid dienone is 5. The van der Waals surface area contributed by atoms with E-state index in [1.54, 1.807) is 0 Å². The molecule has 0 radical (unpaired) electrons. The van der Waals surface area contributed by atoms with Gasteiger partial charge in [-0.25, -0.2) is 0 Å². The molecule has 0 saturated heterocycles. The summed E-state index contributed by atoms with van der Waals surface area (Å²) in [6, 6.07) is 0.944. The van der Waals surface area contributed by atoms with Crippen LogP contribution in [0.4, 0.5) is 0 Å². The normalized spacial score (nSPS) is 17.5. The van der Waals surface area contributed by atoms with Crippen LogP contribution in [-0.2, 0) is 4.79 Å². The van der Waals surface area contributed by atoms with Crippen LogP contribution < -0.4 is 0 Å². The summed E-state index contributed by atoms with van der Waals surface area (Å²) in [5.74, 6) is 0.103. The van der Waals surface area contributed by atoms with Crippen molar-refractivity contribution in [1.82, 2.24) is 0 Å². The van der Waals surface area contributed by atoms with Crippen LogP contribution in [0.5, 0.6) is 0 Å². The Morgan fingerprint density at radius 2 is 1.80 bits per heavy atom. The van der Waals surface area contributed by atoms with Crippen molar-refractivity contribution in [2.45, 2.75) is 52.1 Å². The summed E-state index contributed by atoms with van der Waals surface area (Å²) in [7, 11) is -1.23. The predicted octanol–water partition coefficient (Wildman–Crippen LogP) is 4.03. The van der Waals surface area contributed by atoms with Crippen molar-refractivity contribution in [3.05, 3.63) is 47.1 Å². The van der Waals surface area contributed by atoms with Crippen molar-refractivity contribution in [2.75, 3.05) is 0 Å². The quantitative estimate of drug-likeness (QED) is 0.613. The minimum atomic E-state index is -1.23. The van der Waals surface area contributed by atoms with Crippen LogP contribution in [-0.4, -0.2) is 25.1 Å². The standard InChI is InChI=1S/C17H26O2Si/c1-12-9-15(10-13(2)17(12)19)7-8-16(18)14(3)11-20(4,5)6/h7,9-10,16,18H,3,8,11H2,1-2,4-6H3. The highest BCUT2D eigenvalue weighted by Crippen LogP contribution is 2.22. The zero-order valence-electron chi connectivity index (χ0n) is 13.3. The highest BCUT2D eigenvalue weighted by molar-refractivity contribution is 6.76. The fourth-order valence-corrected chi connectivity index (χ4v) is 3.91. The number of hydrogen-bond acceptors (Lipinski definition) is 2. The van der Waals surface area contributed by atoms with Gasteiger partial charge in [-0.3, -0.25) is 4.79 Å². The second-order valence-corrected chi connectivity index (χ2v) is 12.3. The van der Waals surface area contributed by atoms with Crippen molar-refractivity contribution in [1.29, 1.82) is 0 Å². The van der Waals surface area contributed by atoms with Gasteiger partial charge in [0.2, 0.25) is 0 Å². The molecule has 1 aliphatic rings. The Bertz CT molecular complexity index is 478. The molecule has 20 heavy (non-hydrogen) atoms. The molecular formula is C17H26O2Si. The average Bonchev–Trinajstić information content (AvgIpc) is 2.30. The van der Waals surface area contributed by atoms with Crippen LogP contribution in [0.15, 0.2) is 47.1 Å². The number of aliphatic hydroxyl groups excluding tert-OH is 1. The second kappa shape index (κ2) is 6.51. The zero-order chi connectivity index (χ0) is 15.5. The number of aliphatic hydroxyl groups is 1. The van der Waals surface area contributed by atoms with Gasteiger partial charge in [-0.15, -0.1) is 0 Å². The summed E-state index contributed by atoms with van der Waals surface area (Å²) >= 11 is 0. The molecule has 0 bridgehead atoms. The third-order valence-electron chi connectivity index (χ3n) is 3.29. The maximum Gasteiger partial charge on any atom is 0.184 e. The summed E-state index contributed by atoms with van der Waals surface area (Å²) in [5.41, 5.74) is 3.44. The van der Waals surface area contributed by atoms with Gasteiger partial charge in [0.25, 0.3) is 0 Å². The van der Waals surface area contributed by atoms with Gasteiger partial charge in [0, 0.05) is 8.07 Å². The first-order valence-electron chi connectivity index (χ1n) is 7.07. The Balaban J connectivity index is 2.69. The van der Waals surface area contributed by atoms with E-state index < -0.39 is 14.2 Å². The number of carbonyl (C=O) groups is 1. The van der Waals surface area contributed by atoms with Gasteiger partial charge in [0.05, 0.1) is 6.10 Å². The predicted molar refractivity (Wildman–Crippen MR) is 88.5 cm³/mol. The molecule has 1 atom stereocenters. The molecule has 110 valence electrons. The van der Waals surface area contributed by atoms with Crippen molar-refractivity contribution in [3.63, 3.8) is 0 Å². The van der Waals surface area contributed by atoms with Crippen LogP contribution in [0.2, 0.25) is 25.7 Å². The highest BCUT2D eigenvalue weighted by atomic mass is 28.3. The molecule has 1 unspecified atom stereocenters. The van der Waals surface area contributed by atoms with E-state index in [9.17, 15) is 9.90 Å². The van der Waals surface area contributed by atoms with Gasteiger partial charge in [0.1, 0.15) is 0 Å². The Morgan fingerprint density at radius 1 is 1.30 bits per heavy atom. The summed E-state index contributed by atoms with van der Waals surface area (Å²) in [6.45, 7) is 14.5. The Hall–Kier alpha value is -1.19. The van der Waals surface area contributed by atoms with Crippen molar-refractivity contribution >= 4 is 13.9 Å². The Labute approximate surface area is 123 Å². The van der Waals surface area contributed by atoms with Gasteiger partial charge >= 0.3 is 0 Å². The lowest BCUT2D eigenvalue weighted by Crippen LogP contribution is -2.23. The molecule has 1 N–H and O–H groups in total. The topological polar surface area (TPSA) is 37.3 Å². The third kappa shape index (κ3) is 5.06. The largest absolute Gasteiger partial charge is 0.388 e. The molecule has 0 aromatic rings. The molecule has 0 aliphatic heterocycles. The fourth-order valence-electron chi connectivity index (χ4n) is 2.31. The molecule has 0 fully saturated rings. The number of carbonyl (C=O) groups excluding carboxylic acids is 1. The first-order chi connectivity index (χ1) is 9.10. The average molecular weight is 290 g/mol. The lowest BCUT2D eigenvalue weighted by molar-refractivity contribution is -0.112. The van der Waals surface area contributed by atoms with Crippen molar-refractivity contribution in [2.24, 2.45) is 0 Å². The van der Waals surface area contributed by atoms with E-state index in [0.29, 0.717) is 6.42 Å². The van der Waals surface area contributed by atoms with Gasteiger partial charge in [0.15, 0.2) is 5.78 Å². The number of hydrogen-bond donors (Lipinski definition) is 1. The molecule has 1 aliphatic carbocycles. The molecule has 3 heteroatoms. The van der Waals surface area contributed by atoms with Crippen LogP contribution in [0, 0.1) is 0 Å². The molecule has 0 aromatic carbocycles. The van der Waals surface area contributed by atoms with Gasteiger partial charge in [-0.1, -0.05) is 37.9 Å². The molecule has 0 saturated carbocycles. The molecule has 0 aromatic heterocycles. The Kier molecular flexibility index (Phi) is 5.48. The van der Waals surface area contributed by atoms with Gasteiger partial charge in [-0.2, -0.15) is 0 Å². The van der Waals surface area contributed by atoms with Crippen molar-refractivity contribution in [3.8, 4) is 0 Å². The smallest absolute Gasteiger partial charge is 0.184 e. The molecule has 0 spiro atoms. The fraction of sp³-hybridized carbons (Fsp3) is 0.471. The van der Waals surface area contributed by atoms with E-state index >= 15 is 0 Å². The molecule has 0 amide bonds. The monoisotopic (exact) mass is 290 g/mol. The van der Waals surface area contributed by atoms with E-state index in [1.165, 1.54) is 0 Å². The van der Waals surface area contributed by atoms with E-state index in [2.05, 4.69) is 26.2 Å². The zero-order valence-corrected chi connectivity index (χ0v) is 14.3. The van der Waals surface area contributed by atoms with Crippen LogP contribution >= 0.6 is 0 Å². The first kappa shape index (κ1) is 16.9. The molecular weight excluding hydrogens is 264 g/mol. The summed E-state index contributed by atoms with van der Waals surface area (Å²) in [4.78, 5) is 11.7. The highest BCUT2D eigenvalue weighted by Gasteiger charge is 2.19. The number of ketones is 1. The SMILES string of the molecule is C=C(C[Si](C)(C)C)C(O)CC=C1C=C(C)C(=O)C(C)=C1. The maximum atomic E-state index is 11.7. The summed E-state index contributed by atoms with van der Waals surface area (Å²) in [6.07, 6.45) is 5.81. The lowest BCUT2D eigenvalue weighted by atomic mass is 9.94. The van der Waals surface area contributed by atoms with E-state index in [0.717, 1.165) is 28.3 Å². The molecule has 1 rings (SSSR count). The number of rotatable bonds is 5. The van der Waals surface area contributed by atoms with E-state index in [4.69, 9.17) is 0 Å². The third-order valence-corrected chi connectivity index (χ3v) is 4.80. The molecule has 0 heterocycles. The number of Topliss-reactive ketones (excluding diaryl/α,β-unsaturated/α-hetero) is 1. The van der Waals surface area contributed by atoms with Gasteiger partial charge in [-0.05, 0) is 55.2 Å². The van der Waals surface area contributed by atoms with E-state index in [-0.39, 0.29) is 5.78 Å². The second-order valence-electron chi connectivity index (χ2n) is 6.84. The van der Waals surface area contributed by atoms with Crippen LogP contribution in [0.1, 0.15) is 20.3 Å². The summed E-state index contributed by atoms with van der Waals surface area (Å²) in [5, 5.41) is 10.2. The van der Waals surface area contributed by atoms with Crippen molar-refractivity contribution < 1.29 is 9.90 Å². The first-order valence-corrected chi connectivity index (χ1v) is 10.8. The maximum absolute atomic E-state index is 11.7. The van der Waals surface area contributed by atoms with Gasteiger partial charge < -0.3 is 5.11 Å². The van der Waals surface area contributed by atoms with E-state index in [1.807, 2.05) is 32.1 Å². The minimum absolute atomic E-state index is 0.103. The van der Waals surface area contributed by atoms with Crippen LogP contribution in [0.3, 0.4) is 0 Å². The minimum Gasteiger partial charge on any atom is -0.388 e. The Morgan fingerprint density at radius 3 is 2.25 bits per heavy atom. The van der Waals surface area contributed by atoms with Crippen LogP contribution in [0.25, 0.3) is 0 Å². The lowest BCUT2D eigenvalue weighted by Gasteiger charge is -2.20. The molecule has 2 nitrogen and oxygen atoms in total. The summed E-state index contributed by atoms with van der Waals surface area (Å²) < 4.78 is 0.